The molecule has 1 aliphatic carbocycles. The standard InChI is InChI=1S/C15H18BrN3/c1-3-9(2)17-8-14-18-13-7-10-6-11(16)4-5-12(10)15(13)19-14/h4-6,9,17H,3,7-8H2,1-2H3,(H,18,19). The third kappa shape index (κ3) is 2.47. The number of benzene rings is 1. The van der Waals surface area contributed by atoms with E-state index in [4.69, 9.17) is 4.98 Å². The lowest BCUT2D eigenvalue weighted by Crippen LogP contribution is -2.25. The minimum absolute atomic E-state index is 0.531. The van der Waals surface area contributed by atoms with Crippen molar-refractivity contribution in [2.24, 2.45) is 0 Å². The summed E-state index contributed by atoms with van der Waals surface area (Å²) in [5.74, 6) is 1.04. The number of aromatic amines is 1. The highest BCUT2D eigenvalue weighted by Crippen LogP contribution is 2.36. The first kappa shape index (κ1) is 12.9. The van der Waals surface area contributed by atoms with Crippen molar-refractivity contribution in [3.05, 3.63) is 39.8 Å². The van der Waals surface area contributed by atoms with Gasteiger partial charge in [0.05, 0.1) is 12.2 Å². The van der Waals surface area contributed by atoms with Gasteiger partial charge >= 0.3 is 0 Å². The van der Waals surface area contributed by atoms with Gasteiger partial charge in [-0.05, 0) is 31.0 Å². The number of hydrogen-bond donors (Lipinski definition) is 2. The van der Waals surface area contributed by atoms with Crippen molar-refractivity contribution in [3.63, 3.8) is 0 Å². The van der Waals surface area contributed by atoms with E-state index in [1.807, 2.05) is 0 Å². The minimum Gasteiger partial charge on any atom is -0.344 e. The van der Waals surface area contributed by atoms with Crippen molar-refractivity contribution in [3.8, 4) is 11.3 Å². The summed E-state index contributed by atoms with van der Waals surface area (Å²) in [4.78, 5) is 8.19. The SMILES string of the molecule is CCC(C)NCc1nc2c([nH]1)Cc1cc(Br)ccc1-2. The third-order valence-corrected chi connectivity index (χ3v) is 4.24. The summed E-state index contributed by atoms with van der Waals surface area (Å²) in [7, 11) is 0. The van der Waals surface area contributed by atoms with Gasteiger partial charge in [-0.15, -0.1) is 0 Å². The Balaban J connectivity index is 1.81. The average Bonchev–Trinajstić information content (AvgIpc) is 2.92. The van der Waals surface area contributed by atoms with Crippen molar-refractivity contribution in [2.45, 2.75) is 39.3 Å². The summed E-state index contributed by atoms with van der Waals surface area (Å²) >= 11 is 3.52. The Labute approximate surface area is 122 Å². The number of H-pyrrole nitrogens is 1. The molecule has 0 bridgehead atoms. The maximum atomic E-state index is 4.73. The second-order valence-electron chi connectivity index (χ2n) is 5.18. The van der Waals surface area contributed by atoms with Gasteiger partial charge in [0.25, 0.3) is 0 Å². The summed E-state index contributed by atoms with van der Waals surface area (Å²) < 4.78 is 1.13. The second kappa shape index (κ2) is 5.10. The van der Waals surface area contributed by atoms with Crippen molar-refractivity contribution in [1.82, 2.24) is 15.3 Å². The van der Waals surface area contributed by atoms with Gasteiger partial charge in [0.1, 0.15) is 5.82 Å². The monoisotopic (exact) mass is 319 g/mol. The summed E-state index contributed by atoms with van der Waals surface area (Å²) in [6.07, 6.45) is 2.09. The molecule has 0 fully saturated rings. The molecule has 1 atom stereocenters. The molecule has 0 radical (unpaired) electrons. The highest BCUT2D eigenvalue weighted by atomic mass is 79.9. The largest absolute Gasteiger partial charge is 0.344 e. The predicted molar refractivity (Wildman–Crippen MR) is 81.1 cm³/mol. The summed E-state index contributed by atoms with van der Waals surface area (Å²) in [6.45, 7) is 5.20. The van der Waals surface area contributed by atoms with Crippen LogP contribution in [0, 0.1) is 0 Å². The summed E-state index contributed by atoms with van der Waals surface area (Å²) in [5.41, 5.74) is 4.99. The maximum absolute atomic E-state index is 4.73. The second-order valence-corrected chi connectivity index (χ2v) is 6.09. The van der Waals surface area contributed by atoms with Crippen LogP contribution in [0.25, 0.3) is 11.3 Å². The van der Waals surface area contributed by atoms with E-state index in [9.17, 15) is 0 Å². The van der Waals surface area contributed by atoms with Crippen molar-refractivity contribution >= 4 is 15.9 Å². The number of nitrogens with one attached hydrogen (secondary N) is 2. The molecule has 19 heavy (non-hydrogen) atoms. The van der Waals surface area contributed by atoms with Crippen LogP contribution in [0.1, 0.15) is 37.4 Å². The molecule has 2 aromatic rings. The highest BCUT2D eigenvalue weighted by Gasteiger charge is 2.22. The van der Waals surface area contributed by atoms with Gasteiger partial charge in [-0.1, -0.05) is 28.9 Å². The molecule has 0 spiro atoms. The maximum Gasteiger partial charge on any atom is 0.121 e. The lowest BCUT2D eigenvalue weighted by molar-refractivity contribution is 0.524. The number of halogens is 1. The molecule has 2 N–H and O–H groups in total. The molecule has 0 aliphatic heterocycles. The van der Waals surface area contributed by atoms with E-state index in [1.54, 1.807) is 0 Å². The van der Waals surface area contributed by atoms with Crippen LogP contribution in [0.2, 0.25) is 0 Å². The van der Waals surface area contributed by atoms with Crippen molar-refractivity contribution in [1.29, 1.82) is 0 Å². The van der Waals surface area contributed by atoms with E-state index in [0.29, 0.717) is 6.04 Å². The van der Waals surface area contributed by atoms with Gasteiger partial charge < -0.3 is 10.3 Å². The molecule has 0 saturated carbocycles. The molecule has 1 heterocycles. The summed E-state index contributed by atoms with van der Waals surface area (Å²) in [5, 5.41) is 3.47. The molecule has 1 aromatic carbocycles. The number of aromatic nitrogens is 2. The molecule has 0 amide bonds. The molecule has 100 valence electrons. The Morgan fingerprint density at radius 2 is 2.32 bits per heavy atom. The average molecular weight is 320 g/mol. The zero-order chi connectivity index (χ0) is 13.4. The fourth-order valence-electron chi connectivity index (χ4n) is 2.44. The third-order valence-electron chi connectivity index (χ3n) is 3.75. The fraction of sp³-hybridized carbons (Fsp3) is 0.400. The molecule has 3 nitrogen and oxygen atoms in total. The fourth-order valence-corrected chi connectivity index (χ4v) is 2.85. The number of fused-ring (bicyclic) bond motifs is 3. The Morgan fingerprint density at radius 3 is 3.11 bits per heavy atom. The van der Waals surface area contributed by atoms with Gasteiger partial charge in [0.15, 0.2) is 0 Å². The first-order valence-corrected chi connectivity index (χ1v) is 7.56. The number of imidazole rings is 1. The molecular formula is C15H18BrN3. The summed E-state index contributed by atoms with van der Waals surface area (Å²) in [6, 6.07) is 6.95. The lowest BCUT2D eigenvalue weighted by atomic mass is 10.1. The van der Waals surface area contributed by atoms with Gasteiger partial charge in [-0.2, -0.15) is 0 Å². The zero-order valence-electron chi connectivity index (χ0n) is 11.3. The van der Waals surface area contributed by atoms with Crippen LogP contribution in [0.5, 0.6) is 0 Å². The predicted octanol–water partition coefficient (Wildman–Crippen LogP) is 3.63. The first-order valence-electron chi connectivity index (χ1n) is 6.77. The Bertz CT molecular complexity index is 603. The molecule has 1 aliphatic rings. The molecular weight excluding hydrogens is 302 g/mol. The van der Waals surface area contributed by atoms with Gasteiger partial charge in [0.2, 0.25) is 0 Å². The smallest absolute Gasteiger partial charge is 0.121 e. The molecule has 1 aromatic heterocycles. The topological polar surface area (TPSA) is 40.7 Å². The normalized spacial score (nSPS) is 14.3. The van der Waals surface area contributed by atoms with Crippen LogP contribution in [0.4, 0.5) is 0 Å². The number of rotatable bonds is 4. The molecule has 1 unspecified atom stereocenters. The molecule has 0 saturated heterocycles. The number of nitrogens with zero attached hydrogens (tertiary/aromatic N) is 1. The van der Waals surface area contributed by atoms with Crippen LogP contribution < -0.4 is 5.32 Å². The Morgan fingerprint density at radius 1 is 1.47 bits per heavy atom. The Kier molecular flexibility index (Phi) is 3.46. The van der Waals surface area contributed by atoms with Crippen LogP contribution in [0.3, 0.4) is 0 Å². The molecule has 4 heteroatoms. The quantitative estimate of drug-likeness (QED) is 0.771. The van der Waals surface area contributed by atoms with E-state index < -0.39 is 0 Å². The van der Waals surface area contributed by atoms with Crippen molar-refractivity contribution < 1.29 is 0 Å². The van der Waals surface area contributed by atoms with Crippen LogP contribution in [-0.2, 0) is 13.0 Å². The first-order chi connectivity index (χ1) is 9.17. The Hall–Kier alpha value is -1.13. The van der Waals surface area contributed by atoms with Crippen molar-refractivity contribution in [2.75, 3.05) is 0 Å². The van der Waals surface area contributed by atoms with E-state index in [-0.39, 0.29) is 0 Å². The van der Waals surface area contributed by atoms with Gasteiger partial charge in [-0.25, -0.2) is 4.98 Å². The van der Waals surface area contributed by atoms with E-state index in [2.05, 4.69) is 58.3 Å². The number of hydrogen-bond acceptors (Lipinski definition) is 2. The molecule has 3 rings (SSSR count). The zero-order valence-corrected chi connectivity index (χ0v) is 12.8. The van der Waals surface area contributed by atoms with Gasteiger partial charge in [0, 0.05) is 28.2 Å². The van der Waals surface area contributed by atoms with Crippen LogP contribution >= 0.6 is 15.9 Å². The minimum atomic E-state index is 0.531. The van der Waals surface area contributed by atoms with E-state index in [0.717, 1.165) is 35.4 Å². The van der Waals surface area contributed by atoms with E-state index in [1.165, 1.54) is 16.8 Å². The van der Waals surface area contributed by atoms with E-state index >= 15 is 0 Å². The van der Waals surface area contributed by atoms with Crippen LogP contribution in [-0.4, -0.2) is 16.0 Å². The van der Waals surface area contributed by atoms with Gasteiger partial charge in [-0.3, -0.25) is 0 Å². The highest BCUT2D eigenvalue weighted by molar-refractivity contribution is 9.10. The lowest BCUT2D eigenvalue weighted by Gasteiger charge is -2.09. The van der Waals surface area contributed by atoms with Crippen LogP contribution in [0.15, 0.2) is 22.7 Å².